The van der Waals surface area contributed by atoms with Crippen molar-refractivity contribution in [2.75, 3.05) is 38.2 Å². The first kappa shape index (κ1) is 22.5. The highest BCUT2D eigenvalue weighted by atomic mass is 127. The summed E-state index contributed by atoms with van der Waals surface area (Å²) in [5.74, 6) is 1.61. The molecule has 2 rings (SSSR count). The molecular formula is C19H31IN4O2. The number of guanidine groups is 1. The first-order valence-corrected chi connectivity index (χ1v) is 9.23. The summed E-state index contributed by atoms with van der Waals surface area (Å²) < 4.78 is 5.46. The highest BCUT2D eigenvalue weighted by Crippen LogP contribution is 2.31. The van der Waals surface area contributed by atoms with Crippen LogP contribution in [0.3, 0.4) is 0 Å². The maximum Gasteiger partial charge on any atom is 0.265 e. The van der Waals surface area contributed by atoms with Crippen LogP contribution in [0, 0.1) is 0 Å². The van der Waals surface area contributed by atoms with Crippen molar-refractivity contribution in [3.8, 4) is 5.75 Å². The zero-order valence-electron chi connectivity index (χ0n) is 15.8. The summed E-state index contributed by atoms with van der Waals surface area (Å²) in [4.78, 5) is 18.2. The number of rotatable bonds is 9. The van der Waals surface area contributed by atoms with Gasteiger partial charge in [0.2, 0.25) is 0 Å². The molecule has 1 aromatic rings. The lowest BCUT2D eigenvalue weighted by atomic mass is 10.2. The van der Waals surface area contributed by atoms with Crippen molar-refractivity contribution in [2.45, 2.75) is 39.0 Å². The van der Waals surface area contributed by atoms with E-state index in [1.54, 1.807) is 11.9 Å². The highest BCUT2D eigenvalue weighted by Gasteiger charge is 2.24. The predicted molar refractivity (Wildman–Crippen MR) is 118 cm³/mol. The minimum Gasteiger partial charge on any atom is -0.482 e. The molecule has 1 amide bonds. The Hall–Kier alpha value is -1.51. The molecule has 0 atom stereocenters. The minimum absolute atomic E-state index is 0. The second-order valence-corrected chi connectivity index (χ2v) is 6.14. The normalized spacial score (nSPS) is 13.5. The number of nitrogens with zero attached hydrogens (tertiary/aromatic N) is 2. The van der Waals surface area contributed by atoms with Gasteiger partial charge in [0, 0.05) is 26.7 Å². The summed E-state index contributed by atoms with van der Waals surface area (Å²) >= 11 is 0. The standard InChI is InChI=1S/C19H30N4O2.HI/c1-3-4-5-8-12-21-19(20-2)22-13-9-14-23-16-10-6-7-11-17(16)25-15-18(23)24;/h6-7,10-11H,3-5,8-9,12-15H2,1-2H3,(H2,20,21,22);1H. The van der Waals surface area contributed by atoms with Crippen LogP contribution in [0.1, 0.15) is 39.0 Å². The van der Waals surface area contributed by atoms with E-state index in [1.165, 1.54) is 19.3 Å². The average Bonchev–Trinajstić information content (AvgIpc) is 2.64. The van der Waals surface area contributed by atoms with Crippen LogP contribution < -0.4 is 20.3 Å². The van der Waals surface area contributed by atoms with Gasteiger partial charge in [0.1, 0.15) is 5.75 Å². The molecule has 0 saturated heterocycles. The van der Waals surface area contributed by atoms with Crippen LogP contribution in [0.15, 0.2) is 29.3 Å². The highest BCUT2D eigenvalue weighted by molar-refractivity contribution is 14.0. The maximum absolute atomic E-state index is 12.1. The first-order chi connectivity index (χ1) is 12.3. The fourth-order valence-electron chi connectivity index (χ4n) is 2.82. The number of para-hydroxylation sites is 2. The molecule has 0 aromatic heterocycles. The van der Waals surface area contributed by atoms with Gasteiger partial charge in [0.25, 0.3) is 5.91 Å². The Balaban J connectivity index is 0.00000338. The summed E-state index contributed by atoms with van der Waals surface area (Å²) in [6, 6.07) is 7.68. The van der Waals surface area contributed by atoms with E-state index in [0.29, 0.717) is 6.54 Å². The number of ether oxygens (including phenoxy) is 1. The fourth-order valence-corrected chi connectivity index (χ4v) is 2.82. The number of unbranched alkanes of at least 4 members (excludes halogenated alkanes) is 3. The minimum atomic E-state index is 0. The number of hydrogen-bond acceptors (Lipinski definition) is 3. The SMILES string of the molecule is CCCCCCNC(=NC)NCCCN1C(=O)COc2ccccc21.I. The topological polar surface area (TPSA) is 66.0 Å². The Morgan fingerprint density at radius 2 is 1.88 bits per heavy atom. The molecule has 0 fully saturated rings. The number of hydrogen-bond donors (Lipinski definition) is 2. The van der Waals surface area contributed by atoms with Crippen molar-refractivity contribution in [2.24, 2.45) is 4.99 Å². The molecule has 7 heteroatoms. The van der Waals surface area contributed by atoms with E-state index in [9.17, 15) is 4.79 Å². The molecule has 146 valence electrons. The average molecular weight is 474 g/mol. The van der Waals surface area contributed by atoms with Gasteiger partial charge in [-0.25, -0.2) is 0 Å². The Kier molecular flexibility index (Phi) is 11.1. The smallest absolute Gasteiger partial charge is 0.265 e. The Morgan fingerprint density at radius 1 is 1.15 bits per heavy atom. The van der Waals surface area contributed by atoms with Crippen LogP contribution in [0.5, 0.6) is 5.75 Å². The number of anilines is 1. The predicted octanol–water partition coefficient (Wildman–Crippen LogP) is 3.17. The van der Waals surface area contributed by atoms with Crippen molar-refractivity contribution in [1.29, 1.82) is 0 Å². The van der Waals surface area contributed by atoms with Gasteiger partial charge in [-0.05, 0) is 25.0 Å². The molecule has 6 nitrogen and oxygen atoms in total. The summed E-state index contributed by atoms with van der Waals surface area (Å²) in [5.41, 5.74) is 0.859. The van der Waals surface area contributed by atoms with Crippen molar-refractivity contribution >= 4 is 41.5 Å². The van der Waals surface area contributed by atoms with Gasteiger partial charge in [-0.1, -0.05) is 38.3 Å². The number of carbonyl (C=O) groups excluding carboxylic acids is 1. The van der Waals surface area contributed by atoms with E-state index in [2.05, 4.69) is 22.5 Å². The third-order valence-electron chi connectivity index (χ3n) is 4.21. The molecule has 1 aromatic carbocycles. The summed E-state index contributed by atoms with van der Waals surface area (Å²) in [6.45, 7) is 4.70. The number of nitrogens with one attached hydrogen (secondary N) is 2. The van der Waals surface area contributed by atoms with E-state index in [-0.39, 0.29) is 36.5 Å². The second kappa shape index (κ2) is 12.8. The van der Waals surface area contributed by atoms with E-state index in [0.717, 1.165) is 43.3 Å². The van der Waals surface area contributed by atoms with Crippen LogP contribution in [0.4, 0.5) is 5.69 Å². The number of fused-ring (bicyclic) bond motifs is 1. The van der Waals surface area contributed by atoms with Crippen LogP contribution >= 0.6 is 24.0 Å². The summed E-state index contributed by atoms with van der Waals surface area (Å²) in [6.07, 6.45) is 5.78. The molecular weight excluding hydrogens is 443 g/mol. The molecule has 1 heterocycles. The lowest BCUT2D eigenvalue weighted by molar-refractivity contribution is -0.121. The molecule has 0 spiro atoms. The fraction of sp³-hybridized carbons (Fsp3) is 0.579. The number of benzene rings is 1. The Labute approximate surface area is 173 Å². The number of amides is 1. The van der Waals surface area contributed by atoms with Crippen molar-refractivity contribution in [3.05, 3.63) is 24.3 Å². The number of carbonyl (C=O) groups is 1. The molecule has 0 aliphatic carbocycles. The first-order valence-electron chi connectivity index (χ1n) is 9.23. The lowest BCUT2D eigenvalue weighted by Gasteiger charge is -2.29. The van der Waals surface area contributed by atoms with Crippen molar-refractivity contribution in [3.63, 3.8) is 0 Å². The lowest BCUT2D eigenvalue weighted by Crippen LogP contribution is -2.42. The van der Waals surface area contributed by atoms with Gasteiger partial charge in [0.15, 0.2) is 12.6 Å². The molecule has 0 saturated carbocycles. The van der Waals surface area contributed by atoms with Crippen LogP contribution in [-0.4, -0.2) is 45.2 Å². The molecule has 1 aliphatic rings. The molecule has 26 heavy (non-hydrogen) atoms. The molecule has 0 unspecified atom stereocenters. The quantitative estimate of drug-likeness (QED) is 0.250. The number of aliphatic imine (C=N–C) groups is 1. The summed E-state index contributed by atoms with van der Waals surface area (Å²) in [5, 5.41) is 6.64. The van der Waals surface area contributed by atoms with E-state index >= 15 is 0 Å². The third kappa shape index (κ3) is 7.01. The second-order valence-electron chi connectivity index (χ2n) is 6.14. The largest absolute Gasteiger partial charge is 0.482 e. The Bertz CT molecular complexity index is 580. The zero-order chi connectivity index (χ0) is 17.9. The van der Waals surface area contributed by atoms with E-state index in [4.69, 9.17) is 4.74 Å². The summed E-state index contributed by atoms with van der Waals surface area (Å²) in [7, 11) is 1.78. The zero-order valence-corrected chi connectivity index (χ0v) is 18.1. The van der Waals surface area contributed by atoms with Crippen LogP contribution in [0.2, 0.25) is 0 Å². The Morgan fingerprint density at radius 3 is 2.62 bits per heavy atom. The van der Waals surface area contributed by atoms with Crippen LogP contribution in [-0.2, 0) is 4.79 Å². The van der Waals surface area contributed by atoms with Crippen molar-refractivity contribution < 1.29 is 9.53 Å². The van der Waals surface area contributed by atoms with Crippen LogP contribution in [0.25, 0.3) is 0 Å². The van der Waals surface area contributed by atoms with Gasteiger partial charge >= 0.3 is 0 Å². The van der Waals surface area contributed by atoms with E-state index in [1.807, 2.05) is 24.3 Å². The molecule has 0 radical (unpaired) electrons. The van der Waals surface area contributed by atoms with Gasteiger partial charge < -0.3 is 20.3 Å². The molecule has 2 N–H and O–H groups in total. The monoisotopic (exact) mass is 474 g/mol. The third-order valence-corrected chi connectivity index (χ3v) is 4.21. The maximum atomic E-state index is 12.1. The van der Waals surface area contributed by atoms with Gasteiger partial charge in [-0.3, -0.25) is 9.79 Å². The van der Waals surface area contributed by atoms with Crippen molar-refractivity contribution in [1.82, 2.24) is 10.6 Å². The van der Waals surface area contributed by atoms with Gasteiger partial charge in [-0.15, -0.1) is 24.0 Å². The van der Waals surface area contributed by atoms with Gasteiger partial charge in [-0.2, -0.15) is 0 Å². The number of halogens is 1. The van der Waals surface area contributed by atoms with E-state index < -0.39 is 0 Å². The molecule has 1 aliphatic heterocycles. The molecule has 0 bridgehead atoms. The van der Waals surface area contributed by atoms with Gasteiger partial charge in [0.05, 0.1) is 5.69 Å².